The Bertz CT molecular complexity index is 490. The molecule has 1 fully saturated rings. The normalized spacial score (nSPS) is 36.2. The molecule has 8 nitrogen and oxygen atoms in total. The van der Waals surface area contributed by atoms with Crippen LogP contribution in [0.15, 0.2) is 30.3 Å². The number of carbonyl (C=O) groups is 1. The lowest BCUT2D eigenvalue weighted by molar-refractivity contribution is -0.430. The van der Waals surface area contributed by atoms with Gasteiger partial charge in [0.05, 0.1) is 12.2 Å². The van der Waals surface area contributed by atoms with Crippen molar-refractivity contribution < 1.29 is 39.8 Å². The van der Waals surface area contributed by atoms with Gasteiger partial charge in [-0.2, -0.15) is 0 Å². The van der Waals surface area contributed by atoms with E-state index in [9.17, 15) is 25.2 Å². The first kappa shape index (κ1) is 15.8. The summed E-state index contributed by atoms with van der Waals surface area (Å²) in [6.07, 6.45) is -7.01. The monoisotopic (exact) mass is 300 g/mol. The summed E-state index contributed by atoms with van der Waals surface area (Å²) in [4.78, 5) is 11.9. The molecule has 8 heteroatoms. The van der Waals surface area contributed by atoms with Crippen molar-refractivity contribution in [2.45, 2.75) is 30.4 Å². The van der Waals surface area contributed by atoms with E-state index < -0.39 is 43.0 Å². The molecular formula is C13H16O8. The summed E-state index contributed by atoms with van der Waals surface area (Å²) < 4.78 is 9.50. The van der Waals surface area contributed by atoms with Crippen LogP contribution in [-0.4, -0.2) is 68.5 Å². The number of aliphatic hydroxyl groups is 5. The molecule has 1 aliphatic heterocycles. The first-order valence-corrected chi connectivity index (χ1v) is 6.22. The smallest absolute Gasteiger partial charge is 0.357 e. The molecule has 0 radical (unpaired) electrons. The van der Waals surface area contributed by atoms with Crippen molar-refractivity contribution in [3.8, 4) is 0 Å². The highest BCUT2D eigenvalue weighted by molar-refractivity contribution is 5.89. The van der Waals surface area contributed by atoms with Gasteiger partial charge in [-0.1, -0.05) is 18.2 Å². The third kappa shape index (κ3) is 3.05. The van der Waals surface area contributed by atoms with E-state index in [2.05, 4.69) is 0 Å². The summed E-state index contributed by atoms with van der Waals surface area (Å²) in [5.41, 5.74) is 0.0860. The molecule has 116 valence electrons. The highest BCUT2D eigenvalue weighted by Gasteiger charge is 2.55. The number of rotatable bonds is 3. The van der Waals surface area contributed by atoms with Crippen molar-refractivity contribution in [2.75, 3.05) is 6.61 Å². The molecule has 0 saturated carbocycles. The zero-order valence-electron chi connectivity index (χ0n) is 10.9. The summed E-state index contributed by atoms with van der Waals surface area (Å²) in [5.74, 6) is -3.88. The van der Waals surface area contributed by atoms with Crippen LogP contribution in [0.5, 0.6) is 0 Å². The molecule has 21 heavy (non-hydrogen) atoms. The Morgan fingerprint density at radius 1 is 1.19 bits per heavy atom. The molecule has 0 aliphatic carbocycles. The van der Waals surface area contributed by atoms with Crippen molar-refractivity contribution in [1.29, 1.82) is 0 Å². The molecule has 1 aromatic carbocycles. The van der Waals surface area contributed by atoms with Crippen molar-refractivity contribution in [3.05, 3.63) is 35.9 Å². The summed E-state index contributed by atoms with van der Waals surface area (Å²) in [7, 11) is 0. The number of carbonyl (C=O) groups excluding carboxylic acids is 1. The lowest BCUT2D eigenvalue weighted by Gasteiger charge is -2.43. The maximum atomic E-state index is 11.9. The third-order valence-electron chi connectivity index (χ3n) is 3.18. The summed E-state index contributed by atoms with van der Waals surface area (Å²) in [6.45, 7) is -0.754. The Morgan fingerprint density at radius 3 is 2.38 bits per heavy atom. The van der Waals surface area contributed by atoms with Crippen molar-refractivity contribution >= 4 is 5.97 Å². The van der Waals surface area contributed by atoms with Crippen LogP contribution in [0, 0.1) is 0 Å². The molecule has 1 heterocycles. The van der Waals surface area contributed by atoms with Crippen LogP contribution < -0.4 is 0 Å². The van der Waals surface area contributed by atoms with Crippen molar-refractivity contribution in [1.82, 2.24) is 0 Å². The fourth-order valence-electron chi connectivity index (χ4n) is 1.97. The molecule has 1 saturated heterocycles. The topological polar surface area (TPSA) is 137 Å². The van der Waals surface area contributed by atoms with E-state index in [0.29, 0.717) is 0 Å². The SMILES string of the molecule is O=C(OC1(O)O[C@H](CO)[C@@H](O)[C@H](O)[C@H]1O)c1ccccc1. The Hall–Kier alpha value is -1.55. The maximum Gasteiger partial charge on any atom is 0.357 e. The minimum Gasteiger partial charge on any atom is -0.402 e. The average molecular weight is 300 g/mol. The van der Waals surface area contributed by atoms with Gasteiger partial charge in [-0.3, -0.25) is 0 Å². The molecule has 0 amide bonds. The van der Waals surface area contributed by atoms with Gasteiger partial charge in [0, 0.05) is 0 Å². The van der Waals surface area contributed by atoms with E-state index in [1.54, 1.807) is 18.2 Å². The molecule has 0 aromatic heterocycles. The Balaban J connectivity index is 2.18. The van der Waals surface area contributed by atoms with Gasteiger partial charge < -0.3 is 35.0 Å². The largest absolute Gasteiger partial charge is 0.402 e. The van der Waals surface area contributed by atoms with Crippen LogP contribution in [0.3, 0.4) is 0 Å². The number of benzene rings is 1. The zero-order chi connectivity index (χ0) is 15.6. The number of esters is 1. The summed E-state index contributed by atoms with van der Waals surface area (Å²) >= 11 is 0. The lowest BCUT2D eigenvalue weighted by Crippen LogP contribution is -2.66. The zero-order valence-corrected chi connectivity index (χ0v) is 10.9. The number of aliphatic hydroxyl groups excluding tert-OH is 4. The molecule has 1 aliphatic rings. The lowest BCUT2D eigenvalue weighted by atomic mass is 9.98. The van der Waals surface area contributed by atoms with Crippen LogP contribution in [0.25, 0.3) is 0 Å². The van der Waals surface area contributed by atoms with Gasteiger partial charge in [-0.15, -0.1) is 0 Å². The van der Waals surface area contributed by atoms with Gasteiger partial charge in [-0.25, -0.2) is 4.79 Å². The van der Waals surface area contributed by atoms with E-state index in [0.717, 1.165) is 0 Å². The first-order chi connectivity index (χ1) is 9.89. The van der Waals surface area contributed by atoms with Gasteiger partial charge in [-0.05, 0) is 12.1 Å². The summed E-state index contributed by atoms with van der Waals surface area (Å²) in [5, 5.41) is 48.0. The number of ether oxygens (including phenoxy) is 2. The van der Waals surface area contributed by atoms with Crippen molar-refractivity contribution in [3.63, 3.8) is 0 Å². The van der Waals surface area contributed by atoms with Crippen molar-refractivity contribution in [2.24, 2.45) is 0 Å². The quantitative estimate of drug-likeness (QED) is 0.318. The fourth-order valence-corrected chi connectivity index (χ4v) is 1.97. The second kappa shape index (κ2) is 6.06. The molecule has 0 bridgehead atoms. The van der Waals surface area contributed by atoms with Crippen LogP contribution in [0.2, 0.25) is 0 Å². The van der Waals surface area contributed by atoms with Gasteiger partial charge in [0.15, 0.2) is 6.10 Å². The Morgan fingerprint density at radius 2 is 1.81 bits per heavy atom. The van der Waals surface area contributed by atoms with E-state index >= 15 is 0 Å². The van der Waals surface area contributed by atoms with Crippen LogP contribution in [0.1, 0.15) is 10.4 Å². The van der Waals surface area contributed by atoms with Gasteiger partial charge in [0.1, 0.15) is 18.3 Å². The van der Waals surface area contributed by atoms with Crippen LogP contribution >= 0.6 is 0 Å². The predicted molar refractivity (Wildman–Crippen MR) is 66.8 cm³/mol. The highest BCUT2D eigenvalue weighted by atomic mass is 16.8. The minimum atomic E-state index is -2.88. The number of hydrogen-bond acceptors (Lipinski definition) is 8. The van der Waals surface area contributed by atoms with E-state index in [4.69, 9.17) is 14.6 Å². The highest BCUT2D eigenvalue weighted by Crippen LogP contribution is 2.29. The van der Waals surface area contributed by atoms with E-state index in [1.165, 1.54) is 12.1 Å². The average Bonchev–Trinajstić information content (AvgIpc) is 2.50. The van der Waals surface area contributed by atoms with Gasteiger partial charge >= 0.3 is 11.9 Å². The fraction of sp³-hybridized carbons (Fsp3) is 0.462. The molecular weight excluding hydrogens is 284 g/mol. The van der Waals surface area contributed by atoms with Gasteiger partial charge in [0.25, 0.3) is 0 Å². The Labute approximate surface area is 119 Å². The molecule has 1 aromatic rings. The molecule has 1 unspecified atom stereocenters. The van der Waals surface area contributed by atoms with E-state index in [1.807, 2.05) is 0 Å². The molecule has 5 N–H and O–H groups in total. The summed E-state index contributed by atoms with van der Waals surface area (Å²) in [6, 6.07) is 7.62. The van der Waals surface area contributed by atoms with Crippen LogP contribution in [0.4, 0.5) is 0 Å². The molecule has 5 atom stereocenters. The molecule has 0 spiro atoms. The molecule has 2 rings (SSSR count). The third-order valence-corrected chi connectivity index (χ3v) is 3.18. The Kier molecular flexibility index (Phi) is 4.57. The van der Waals surface area contributed by atoms with Gasteiger partial charge in [0.2, 0.25) is 0 Å². The van der Waals surface area contributed by atoms with E-state index in [-0.39, 0.29) is 5.56 Å². The second-order valence-electron chi connectivity index (χ2n) is 4.65. The standard InChI is InChI=1S/C13H16O8/c14-6-8-9(15)10(16)11(17)13(19,20-8)21-12(18)7-4-2-1-3-5-7/h1-5,8-11,14-17,19H,6H2/t8-,9-,10+,11-,13?/m1/s1. The minimum absolute atomic E-state index is 0.0860. The predicted octanol–water partition coefficient (Wildman–Crippen LogP) is -2.04. The number of hydrogen-bond donors (Lipinski definition) is 5. The van der Waals surface area contributed by atoms with Crippen LogP contribution in [-0.2, 0) is 9.47 Å². The maximum absolute atomic E-state index is 11.9. The first-order valence-electron chi connectivity index (χ1n) is 6.22. The second-order valence-corrected chi connectivity index (χ2v) is 4.65.